The molecule has 0 spiro atoms. The molecule has 0 saturated heterocycles. The number of alkyl halides is 6. The molecule has 0 heterocycles. The Labute approximate surface area is 145 Å². The maximum atomic E-state index is 12.8. The van der Waals surface area contributed by atoms with Crippen LogP contribution < -0.4 is 15.8 Å². The molecule has 2 aromatic carbocycles. The highest BCUT2D eigenvalue weighted by molar-refractivity contribution is 5.85. The van der Waals surface area contributed by atoms with Gasteiger partial charge in [0.05, 0.1) is 35.3 Å². The van der Waals surface area contributed by atoms with Crippen LogP contribution in [0.3, 0.4) is 0 Å². The van der Waals surface area contributed by atoms with Gasteiger partial charge in [0.1, 0.15) is 5.75 Å². The number of nitrogens with one attached hydrogen (secondary N) is 1. The van der Waals surface area contributed by atoms with Crippen molar-refractivity contribution >= 4 is 29.5 Å². The molecule has 0 radical (unpaired) electrons. The van der Waals surface area contributed by atoms with Crippen molar-refractivity contribution in [2.45, 2.75) is 12.4 Å². The molecule has 0 amide bonds. The van der Waals surface area contributed by atoms with E-state index in [9.17, 15) is 26.3 Å². The van der Waals surface area contributed by atoms with Gasteiger partial charge in [-0.25, -0.2) is 0 Å². The van der Waals surface area contributed by atoms with Crippen LogP contribution >= 0.6 is 12.4 Å². The highest BCUT2D eigenvalue weighted by atomic mass is 35.5. The fourth-order valence-corrected chi connectivity index (χ4v) is 1.98. The Morgan fingerprint density at radius 3 is 1.84 bits per heavy atom. The standard InChI is InChI=1S/C15H12F6N2O.ClH/c1-24-13-5-3-9(15(19,20)21)7-12(13)23-11-4-2-8(6-10(11)22)14(16,17)18;/h2-7,23H,22H2,1H3;1H. The van der Waals surface area contributed by atoms with E-state index in [0.717, 1.165) is 30.3 Å². The van der Waals surface area contributed by atoms with Crippen molar-refractivity contribution in [2.24, 2.45) is 0 Å². The topological polar surface area (TPSA) is 47.3 Å². The predicted octanol–water partition coefficient (Wildman–Crippen LogP) is 5.48. The lowest BCUT2D eigenvalue weighted by Crippen LogP contribution is -2.08. The van der Waals surface area contributed by atoms with Crippen LogP contribution in [-0.2, 0) is 12.4 Å². The van der Waals surface area contributed by atoms with E-state index >= 15 is 0 Å². The molecule has 0 aliphatic carbocycles. The summed E-state index contributed by atoms with van der Waals surface area (Å²) in [6.45, 7) is 0. The normalized spacial score (nSPS) is 11.6. The van der Waals surface area contributed by atoms with E-state index in [1.54, 1.807) is 0 Å². The van der Waals surface area contributed by atoms with Crippen LogP contribution in [0.4, 0.5) is 43.4 Å². The van der Waals surface area contributed by atoms with Crippen LogP contribution in [0.1, 0.15) is 11.1 Å². The summed E-state index contributed by atoms with van der Waals surface area (Å²) in [4.78, 5) is 0. The predicted molar refractivity (Wildman–Crippen MR) is 84.4 cm³/mol. The first kappa shape index (κ1) is 20.8. The SMILES string of the molecule is COc1ccc(C(F)(F)F)cc1Nc1ccc(C(F)(F)F)cc1N.Cl. The van der Waals surface area contributed by atoms with Crippen LogP contribution in [0.5, 0.6) is 5.75 Å². The third kappa shape index (κ3) is 4.85. The molecule has 0 saturated carbocycles. The molecule has 0 aromatic heterocycles. The van der Waals surface area contributed by atoms with Gasteiger partial charge in [-0.1, -0.05) is 0 Å². The fraction of sp³-hybridized carbons (Fsp3) is 0.200. The van der Waals surface area contributed by atoms with Crippen molar-refractivity contribution in [3.63, 3.8) is 0 Å². The Kier molecular flexibility index (Phi) is 6.06. The van der Waals surface area contributed by atoms with Crippen molar-refractivity contribution in [2.75, 3.05) is 18.2 Å². The minimum atomic E-state index is -4.58. The minimum Gasteiger partial charge on any atom is -0.495 e. The Hall–Kier alpha value is -2.29. The molecule has 0 bridgehead atoms. The largest absolute Gasteiger partial charge is 0.495 e. The van der Waals surface area contributed by atoms with Crippen LogP contribution in [-0.4, -0.2) is 7.11 Å². The number of ether oxygens (including phenoxy) is 1. The molecule has 0 fully saturated rings. The number of halogens is 7. The maximum Gasteiger partial charge on any atom is 0.416 e. The third-order valence-electron chi connectivity index (χ3n) is 3.18. The van der Waals surface area contributed by atoms with Gasteiger partial charge in [0, 0.05) is 0 Å². The third-order valence-corrected chi connectivity index (χ3v) is 3.18. The zero-order valence-electron chi connectivity index (χ0n) is 12.6. The smallest absolute Gasteiger partial charge is 0.416 e. The van der Waals surface area contributed by atoms with Crippen molar-refractivity contribution in [1.29, 1.82) is 0 Å². The zero-order valence-corrected chi connectivity index (χ0v) is 13.4. The molecule has 0 aliphatic rings. The monoisotopic (exact) mass is 386 g/mol. The van der Waals surface area contributed by atoms with Crippen LogP contribution in [0, 0.1) is 0 Å². The molecule has 0 unspecified atom stereocenters. The van der Waals surface area contributed by atoms with Gasteiger partial charge in [0.15, 0.2) is 0 Å². The van der Waals surface area contributed by atoms with E-state index in [2.05, 4.69) is 5.32 Å². The van der Waals surface area contributed by atoms with E-state index in [4.69, 9.17) is 10.5 Å². The molecule has 0 aliphatic heterocycles. The fourth-order valence-electron chi connectivity index (χ4n) is 1.98. The van der Waals surface area contributed by atoms with E-state index in [-0.39, 0.29) is 35.2 Å². The lowest BCUT2D eigenvalue weighted by atomic mass is 10.1. The van der Waals surface area contributed by atoms with E-state index in [1.165, 1.54) is 7.11 Å². The number of benzene rings is 2. The molecular formula is C15H13ClF6N2O. The molecule has 25 heavy (non-hydrogen) atoms. The van der Waals surface area contributed by atoms with Crippen molar-refractivity contribution in [3.8, 4) is 5.75 Å². The summed E-state index contributed by atoms with van der Waals surface area (Å²) in [5.74, 6) is 0.0855. The second-order valence-electron chi connectivity index (χ2n) is 4.84. The molecule has 3 N–H and O–H groups in total. The first-order valence-electron chi connectivity index (χ1n) is 6.51. The summed E-state index contributed by atoms with van der Waals surface area (Å²) in [7, 11) is 1.25. The van der Waals surface area contributed by atoms with E-state index < -0.39 is 23.5 Å². The van der Waals surface area contributed by atoms with Crippen molar-refractivity contribution in [1.82, 2.24) is 0 Å². The Bertz CT molecular complexity index is 746. The number of hydrogen-bond acceptors (Lipinski definition) is 3. The van der Waals surface area contributed by atoms with Gasteiger partial charge in [0.2, 0.25) is 0 Å². The molecule has 3 nitrogen and oxygen atoms in total. The maximum absolute atomic E-state index is 12.8. The summed E-state index contributed by atoms with van der Waals surface area (Å²) in [5.41, 5.74) is 3.36. The Balaban J connectivity index is 0.00000312. The zero-order chi connectivity index (χ0) is 18.1. The van der Waals surface area contributed by atoms with Gasteiger partial charge < -0.3 is 15.8 Å². The first-order chi connectivity index (χ1) is 11.0. The summed E-state index contributed by atoms with van der Waals surface area (Å²) >= 11 is 0. The summed E-state index contributed by atoms with van der Waals surface area (Å²) in [6.07, 6.45) is -9.14. The van der Waals surface area contributed by atoms with E-state index in [1.807, 2.05) is 0 Å². The van der Waals surface area contributed by atoms with Crippen molar-refractivity contribution < 1.29 is 31.1 Å². The lowest BCUT2D eigenvalue weighted by Gasteiger charge is -2.16. The molecular weight excluding hydrogens is 374 g/mol. The number of nitrogens with two attached hydrogens (primary N) is 1. The van der Waals surface area contributed by atoms with Gasteiger partial charge in [-0.15, -0.1) is 12.4 Å². The van der Waals surface area contributed by atoms with Gasteiger partial charge in [0.25, 0.3) is 0 Å². The average Bonchev–Trinajstić information content (AvgIpc) is 2.47. The summed E-state index contributed by atoms with van der Waals surface area (Å²) in [5, 5.41) is 2.57. The summed E-state index contributed by atoms with van der Waals surface area (Å²) in [6, 6.07) is 5.24. The molecule has 138 valence electrons. The molecule has 0 atom stereocenters. The first-order valence-corrected chi connectivity index (χ1v) is 6.51. The van der Waals surface area contributed by atoms with Gasteiger partial charge in [-0.3, -0.25) is 0 Å². The highest BCUT2D eigenvalue weighted by Gasteiger charge is 2.32. The minimum absolute atomic E-state index is 0. The second-order valence-corrected chi connectivity index (χ2v) is 4.84. The summed E-state index contributed by atoms with van der Waals surface area (Å²) < 4.78 is 81.1. The number of hydrogen-bond donors (Lipinski definition) is 2. The average molecular weight is 387 g/mol. The van der Waals surface area contributed by atoms with Gasteiger partial charge in [-0.2, -0.15) is 26.3 Å². The Morgan fingerprint density at radius 2 is 1.36 bits per heavy atom. The Morgan fingerprint density at radius 1 is 0.840 bits per heavy atom. The number of anilines is 3. The lowest BCUT2D eigenvalue weighted by molar-refractivity contribution is -0.138. The van der Waals surface area contributed by atoms with E-state index in [0.29, 0.717) is 6.07 Å². The van der Waals surface area contributed by atoms with Gasteiger partial charge in [-0.05, 0) is 36.4 Å². The van der Waals surface area contributed by atoms with Crippen LogP contribution in [0.25, 0.3) is 0 Å². The number of methoxy groups -OCH3 is 1. The van der Waals surface area contributed by atoms with Gasteiger partial charge >= 0.3 is 12.4 Å². The number of rotatable bonds is 3. The number of nitrogen functional groups attached to an aromatic ring is 1. The van der Waals surface area contributed by atoms with Crippen molar-refractivity contribution in [3.05, 3.63) is 47.5 Å². The molecule has 2 aromatic rings. The van der Waals surface area contributed by atoms with Crippen LogP contribution in [0.2, 0.25) is 0 Å². The second kappa shape index (κ2) is 7.30. The molecule has 2 rings (SSSR count). The quantitative estimate of drug-likeness (QED) is 0.542. The highest BCUT2D eigenvalue weighted by Crippen LogP contribution is 2.38. The molecule has 10 heteroatoms. The van der Waals surface area contributed by atoms with Crippen LogP contribution in [0.15, 0.2) is 36.4 Å².